The van der Waals surface area contributed by atoms with Crippen molar-refractivity contribution in [3.05, 3.63) is 29.3 Å². The summed E-state index contributed by atoms with van der Waals surface area (Å²) in [5.41, 5.74) is 0.793. The lowest BCUT2D eigenvalue weighted by Gasteiger charge is -2.07. The first-order valence-corrected chi connectivity index (χ1v) is 8.47. The van der Waals surface area contributed by atoms with E-state index in [4.69, 9.17) is 11.6 Å². The monoisotopic (exact) mass is 372 g/mol. The second kappa shape index (κ2) is 8.14. The topological polar surface area (TPSA) is 93.2 Å². The molecule has 0 aliphatic heterocycles. The molecule has 0 radical (unpaired) electrons. The van der Waals surface area contributed by atoms with Crippen molar-refractivity contribution < 1.29 is 14.3 Å². The van der Waals surface area contributed by atoms with Crippen LogP contribution in [0.4, 0.5) is 15.6 Å². The summed E-state index contributed by atoms with van der Waals surface area (Å²) in [5.74, 6) is -0.457. The van der Waals surface area contributed by atoms with Crippen LogP contribution in [0.2, 0.25) is 5.02 Å². The van der Waals surface area contributed by atoms with E-state index in [0.29, 0.717) is 14.5 Å². The number of rotatable bonds is 5. The Bertz CT molecular complexity index is 710. The van der Waals surface area contributed by atoms with E-state index in [1.165, 1.54) is 30.2 Å². The van der Waals surface area contributed by atoms with Crippen LogP contribution < -0.4 is 10.6 Å². The fraction of sp³-hybridized carbons (Fsp3) is 0.231. The number of halogens is 1. The summed E-state index contributed by atoms with van der Waals surface area (Å²) in [6, 6.07) is 7.21. The molecule has 2 rings (SSSR count). The van der Waals surface area contributed by atoms with Gasteiger partial charge in [-0.25, -0.2) is 4.79 Å². The third-order valence-corrected chi connectivity index (χ3v) is 4.80. The van der Waals surface area contributed by atoms with Gasteiger partial charge in [-0.15, -0.1) is 10.2 Å². The fourth-order valence-electron chi connectivity index (χ4n) is 1.46. The first kappa shape index (κ1) is 17.5. The molecule has 0 unspecified atom stereocenters. The molecule has 2 aromatic rings. The van der Waals surface area contributed by atoms with E-state index < -0.39 is 17.3 Å². The normalized spacial score (nSPS) is 11.6. The summed E-state index contributed by atoms with van der Waals surface area (Å²) in [4.78, 5) is 22.7. The Morgan fingerprint density at radius 2 is 2.17 bits per heavy atom. The van der Waals surface area contributed by atoms with Crippen molar-refractivity contribution in [2.24, 2.45) is 0 Å². The number of aromatic nitrogens is 2. The lowest BCUT2D eigenvalue weighted by molar-refractivity contribution is -0.119. The maximum Gasteiger partial charge on any atom is 0.413 e. The lowest BCUT2D eigenvalue weighted by Crippen LogP contribution is -2.35. The molecular formula is C13H13ClN4O3S2. The Balaban J connectivity index is 1.94. The van der Waals surface area contributed by atoms with Gasteiger partial charge in [0.15, 0.2) is 4.34 Å². The van der Waals surface area contributed by atoms with Crippen molar-refractivity contribution in [1.29, 1.82) is 0 Å². The van der Waals surface area contributed by atoms with Crippen LogP contribution in [0.15, 0.2) is 28.6 Å². The summed E-state index contributed by atoms with van der Waals surface area (Å²) in [7, 11) is 1.19. The molecule has 1 heterocycles. The van der Waals surface area contributed by atoms with E-state index in [1.807, 2.05) is 12.1 Å². The number of hydrogen-bond acceptors (Lipinski definition) is 8. The zero-order chi connectivity index (χ0) is 16.8. The van der Waals surface area contributed by atoms with Gasteiger partial charge in [0.2, 0.25) is 11.0 Å². The quantitative estimate of drug-likeness (QED) is 0.777. The summed E-state index contributed by atoms with van der Waals surface area (Å²) in [6.07, 6.45) is -0.789. The Kier molecular flexibility index (Phi) is 6.20. The van der Waals surface area contributed by atoms with Crippen molar-refractivity contribution in [3.63, 3.8) is 0 Å². The minimum Gasteiger partial charge on any atom is -0.453 e. The molecular weight excluding hydrogens is 360 g/mol. The van der Waals surface area contributed by atoms with Gasteiger partial charge in [-0.3, -0.25) is 10.1 Å². The highest BCUT2D eigenvalue weighted by Crippen LogP contribution is 2.30. The molecule has 10 heteroatoms. The van der Waals surface area contributed by atoms with Gasteiger partial charge in [-0.1, -0.05) is 40.8 Å². The number of alkyl carbamates (subject to hydrolysis) is 1. The minimum atomic E-state index is -0.789. The summed E-state index contributed by atoms with van der Waals surface area (Å²) in [5, 5.41) is 13.9. The van der Waals surface area contributed by atoms with Crippen LogP contribution in [-0.2, 0) is 9.53 Å². The van der Waals surface area contributed by atoms with Crippen molar-refractivity contribution in [3.8, 4) is 0 Å². The average molecular weight is 373 g/mol. The van der Waals surface area contributed by atoms with Crippen molar-refractivity contribution in [1.82, 2.24) is 15.5 Å². The molecule has 1 atom stereocenters. The molecule has 0 saturated heterocycles. The van der Waals surface area contributed by atoms with E-state index in [0.717, 1.165) is 5.69 Å². The molecule has 1 aromatic carbocycles. The van der Waals surface area contributed by atoms with Crippen molar-refractivity contribution in [2.75, 3.05) is 12.4 Å². The Morgan fingerprint density at radius 1 is 1.39 bits per heavy atom. The highest BCUT2D eigenvalue weighted by molar-refractivity contribution is 8.02. The van der Waals surface area contributed by atoms with Crippen LogP contribution in [0.3, 0.4) is 0 Å². The summed E-state index contributed by atoms with van der Waals surface area (Å²) >= 11 is 8.41. The van der Waals surface area contributed by atoms with E-state index in [9.17, 15) is 9.59 Å². The van der Waals surface area contributed by atoms with Gasteiger partial charge in [0.05, 0.1) is 12.4 Å². The molecule has 0 saturated carbocycles. The van der Waals surface area contributed by atoms with E-state index in [1.54, 1.807) is 19.1 Å². The summed E-state index contributed by atoms with van der Waals surface area (Å²) in [6.45, 7) is 1.66. The maximum atomic E-state index is 11.7. The predicted octanol–water partition coefficient (Wildman–Crippen LogP) is 3.30. The molecule has 0 spiro atoms. The van der Waals surface area contributed by atoms with Crippen LogP contribution in [-0.4, -0.2) is 34.6 Å². The van der Waals surface area contributed by atoms with E-state index >= 15 is 0 Å². The molecule has 23 heavy (non-hydrogen) atoms. The Hall–Kier alpha value is -1.84. The number of anilines is 2. The third-order valence-electron chi connectivity index (χ3n) is 2.54. The summed E-state index contributed by atoms with van der Waals surface area (Å²) < 4.78 is 4.97. The molecule has 1 aromatic heterocycles. The number of imide groups is 1. The van der Waals surface area contributed by atoms with Crippen LogP contribution in [0.25, 0.3) is 0 Å². The zero-order valence-electron chi connectivity index (χ0n) is 12.2. The number of nitrogens with one attached hydrogen (secondary N) is 2. The van der Waals surface area contributed by atoms with Crippen LogP contribution in [0.5, 0.6) is 0 Å². The number of methoxy groups -OCH3 is 1. The molecule has 0 bridgehead atoms. The molecule has 2 amide bonds. The fourth-order valence-corrected chi connectivity index (χ4v) is 3.56. The Morgan fingerprint density at radius 3 is 2.87 bits per heavy atom. The first-order valence-electron chi connectivity index (χ1n) is 6.39. The molecule has 7 nitrogen and oxygen atoms in total. The van der Waals surface area contributed by atoms with Crippen molar-refractivity contribution >= 4 is 57.5 Å². The van der Waals surface area contributed by atoms with Gasteiger partial charge in [0.1, 0.15) is 0 Å². The second-order valence-electron chi connectivity index (χ2n) is 4.25. The van der Waals surface area contributed by atoms with Crippen LogP contribution >= 0.6 is 34.7 Å². The number of amides is 2. The third kappa shape index (κ3) is 5.38. The predicted molar refractivity (Wildman–Crippen MR) is 90.5 cm³/mol. The smallest absolute Gasteiger partial charge is 0.413 e. The van der Waals surface area contributed by atoms with Gasteiger partial charge >= 0.3 is 6.09 Å². The van der Waals surface area contributed by atoms with Crippen molar-refractivity contribution in [2.45, 2.75) is 16.5 Å². The molecule has 122 valence electrons. The number of thioether (sulfide) groups is 1. The number of ether oxygens (including phenoxy) is 1. The second-order valence-corrected chi connectivity index (χ2v) is 7.25. The minimum absolute atomic E-state index is 0.457. The van der Waals surface area contributed by atoms with Crippen LogP contribution in [0, 0.1) is 0 Å². The maximum absolute atomic E-state index is 11.7. The average Bonchev–Trinajstić information content (AvgIpc) is 2.94. The Labute approximate surface area is 145 Å². The van der Waals surface area contributed by atoms with Gasteiger partial charge in [0.25, 0.3) is 0 Å². The van der Waals surface area contributed by atoms with Crippen LogP contribution in [0.1, 0.15) is 6.92 Å². The van der Waals surface area contributed by atoms with Gasteiger partial charge in [0, 0.05) is 10.7 Å². The zero-order valence-corrected chi connectivity index (χ0v) is 14.6. The SMILES string of the molecule is COC(=O)NC(=O)[C@H](C)Sc1nnc(Nc2cccc(Cl)c2)s1. The van der Waals surface area contributed by atoms with Gasteiger partial charge in [-0.2, -0.15) is 0 Å². The molecule has 2 N–H and O–H groups in total. The van der Waals surface area contributed by atoms with E-state index in [2.05, 4.69) is 25.6 Å². The number of carbonyl (C=O) groups excluding carboxylic acids is 2. The first-order chi connectivity index (χ1) is 11.0. The van der Waals surface area contributed by atoms with Gasteiger partial charge < -0.3 is 10.1 Å². The van der Waals surface area contributed by atoms with E-state index in [-0.39, 0.29) is 0 Å². The number of carbonyl (C=O) groups is 2. The standard InChI is InChI=1S/C13H13ClN4O3S2/c1-7(10(19)16-12(20)21-2)22-13-18-17-11(23-13)15-9-5-3-4-8(14)6-9/h3-7H,1-2H3,(H,15,17)(H,16,19,20)/t7-/m0/s1. The number of hydrogen-bond donors (Lipinski definition) is 2. The highest BCUT2D eigenvalue weighted by Gasteiger charge is 2.19. The molecule has 0 fully saturated rings. The molecule has 0 aliphatic rings. The lowest BCUT2D eigenvalue weighted by atomic mass is 10.3. The van der Waals surface area contributed by atoms with Gasteiger partial charge in [-0.05, 0) is 25.1 Å². The largest absolute Gasteiger partial charge is 0.453 e. The highest BCUT2D eigenvalue weighted by atomic mass is 35.5. The number of nitrogens with zero attached hydrogens (tertiary/aromatic N) is 2. The number of benzene rings is 1. The molecule has 0 aliphatic carbocycles.